The van der Waals surface area contributed by atoms with Crippen molar-refractivity contribution in [3.05, 3.63) is 52.8 Å². The van der Waals surface area contributed by atoms with Gasteiger partial charge in [-0.3, -0.25) is 9.48 Å². The van der Waals surface area contributed by atoms with Crippen LogP contribution in [-0.4, -0.2) is 15.7 Å². The van der Waals surface area contributed by atoms with Crippen molar-refractivity contribution < 1.29 is 4.79 Å². The van der Waals surface area contributed by atoms with Crippen molar-refractivity contribution in [2.45, 2.75) is 19.4 Å². The highest BCUT2D eigenvalue weighted by atomic mass is 35.5. The number of halogens is 1. The number of benzene rings is 1. The lowest BCUT2D eigenvalue weighted by atomic mass is 10.1. The standard InChI is InChI=1S/C14H16ClN3O/c1-18-10-12(9-17-18)8-16-14(19)7-4-11-2-5-13(15)6-3-11/h2-3,5-6,9-10H,4,7-8H2,1H3,(H,16,19). The highest BCUT2D eigenvalue weighted by Crippen LogP contribution is 2.10. The fraction of sp³-hybridized carbons (Fsp3) is 0.286. The maximum Gasteiger partial charge on any atom is 0.220 e. The molecular weight excluding hydrogens is 262 g/mol. The Hall–Kier alpha value is -1.81. The SMILES string of the molecule is Cn1cc(CNC(=O)CCc2ccc(Cl)cc2)cn1. The minimum Gasteiger partial charge on any atom is -0.352 e. The highest BCUT2D eigenvalue weighted by Gasteiger charge is 2.03. The van der Waals surface area contributed by atoms with Gasteiger partial charge in [0.05, 0.1) is 6.20 Å². The number of nitrogens with one attached hydrogen (secondary N) is 1. The Kier molecular flexibility index (Phi) is 4.58. The van der Waals surface area contributed by atoms with Crippen molar-refractivity contribution in [3.8, 4) is 0 Å². The Balaban J connectivity index is 1.74. The zero-order valence-corrected chi connectivity index (χ0v) is 11.5. The summed E-state index contributed by atoms with van der Waals surface area (Å²) in [4.78, 5) is 11.7. The number of rotatable bonds is 5. The molecule has 0 aliphatic carbocycles. The molecule has 0 fully saturated rings. The van der Waals surface area contributed by atoms with E-state index in [1.165, 1.54) is 0 Å². The first-order valence-corrected chi connectivity index (χ1v) is 6.50. The number of aryl methyl sites for hydroxylation is 2. The van der Waals surface area contributed by atoms with E-state index in [4.69, 9.17) is 11.6 Å². The van der Waals surface area contributed by atoms with Crippen LogP contribution in [0.4, 0.5) is 0 Å². The summed E-state index contributed by atoms with van der Waals surface area (Å²) in [5.74, 6) is 0.0406. The number of hydrogen-bond donors (Lipinski definition) is 1. The maximum absolute atomic E-state index is 11.7. The van der Waals surface area contributed by atoms with E-state index in [-0.39, 0.29) is 5.91 Å². The van der Waals surface area contributed by atoms with E-state index in [2.05, 4.69) is 10.4 Å². The van der Waals surface area contributed by atoms with Crippen LogP contribution in [0.3, 0.4) is 0 Å². The normalized spacial score (nSPS) is 10.4. The second-order valence-corrected chi connectivity index (χ2v) is 4.86. The Morgan fingerprint density at radius 2 is 2.05 bits per heavy atom. The number of aromatic nitrogens is 2. The van der Waals surface area contributed by atoms with Gasteiger partial charge in [-0.05, 0) is 24.1 Å². The molecule has 4 nitrogen and oxygen atoms in total. The fourth-order valence-corrected chi connectivity index (χ4v) is 1.89. The van der Waals surface area contributed by atoms with Crippen molar-refractivity contribution in [2.75, 3.05) is 0 Å². The van der Waals surface area contributed by atoms with E-state index >= 15 is 0 Å². The minimum atomic E-state index is 0.0406. The van der Waals surface area contributed by atoms with Gasteiger partial charge in [-0.2, -0.15) is 5.10 Å². The van der Waals surface area contributed by atoms with Crippen LogP contribution in [-0.2, 0) is 24.8 Å². The highest BCUT2D eigenvalue weighted by molar-refractivity contribution is 6.30. The predicted octanol–water partition coefficient (Wildman–Crippen LogP) is 2.32. The summed E-state index contributed by atoms with van der Waals surface area (Å²) >= 11 is 5.81. The van der Waals surface area contributed by atoms with Gasteiger partial charge in [0.25, 0.3) is 0 Å². The van der Waals surface area contributed by atoms with Gasteiger partial charge >= 0.3 is 0 Å². The van der Waals surface area contributed by atoms with Crippen LogP contribution < -0.4 is 5.32 Å². The molecule has 1 heterocycles. The molecule has 100 valence electrons. The summed E-state index contributed by atoms with van der Waals surface area (Å²) in [6.07, 6.45) is 4.83. The van der Waals surface area contributed by atoms with Gasteiger partial charge < -0.3 is 5.32 Å². The van der Waals surface area contributed by atoms with E-state index in [1.807, 2.05) is 37.5 Å². The zero-order valence-electron chi connectivity index (χ0n) is 10.8. The lowest BCUT2D eigenvalue weighted by molar-refractivity contribution is -0.121. The molecule has 19 heavy (non-hydrogen) atoms. The molecule has 0 saturated heterocycles. The number of nitrogens with zero attached hydrogens (tertiary/aromatic N) is 2. The first kappa shape index (κ1) is 13.6. The first-order chi connectivity index (χ1) is 9.13. The molecule has 5 heteroatoms. The van der Waals surface area contributed by atoms with Gasteiger partial charge in [0.15, 0.2) is 0 Å². The molecule has 1 amide bonds. The molecule has 1 aromatic heterocycles. The van der Waals surface area contributed by atoms with Gasteiger partial charge in [-0.15, -0.1) is 0 Å². The molecule has 0 unspecified atom stereocenters. The van der Waals surface area contributed by atoms with Gasteiger partial charge in [0.2, 0.25) is 5.91 Å². The molecule has 0 aliphatic rings. The van der Waals surface area contributed by atoms with Crippen LogP contribution >= 0.6 is 11.6 Å². The predicted molar refractivity (Wildman–Crippen MR) is 74.8 cm³/mol. The average Bonchev–Trinajstić information content (AvgIpc) is 2.81. The molecule has 2 aromatic rings. The molecule has 1 N–H and O–H groups in total. The Bertz CT molecular complexity index is 548. The Morgan fingerprint density at radius 3 is 2.68 bits per heavy atom. The van der Waals surface area contributed by atoms with Crippen molar-refractivity contribution in [3.63, 3.8) is 0 Å². The van der Waals surface area contributed by atoms with Crippen LogP contribution in [0.5, 0.6) is 0 Å². The smallest absolute Gasteiger partial charge is 0.220 e. The van der Waals surface area contributed by atoms with Crippen LogP contribution in [0.25, 0.3) is 0 Å². The summed E-state index contributed by atoms with van der Waals surface area (Å²) in [6, 6.07) is 7.56. The number of amides is 1. The van der Waals surface area contributed by atoms with Crippen molar-refractivity contribution in [2.24, 2.45) is 7.05 Å². The van der Waals surface area contributed by atoms with Gasteiger partial charge in [0, 0.05) is 36.8 Å². The molecule has 0 bridgehead atoms. The molecular formula is C14H16ClN3O. The number of hydrogen-bond acceptors (Lipinski definition) is 2. The monoisotopic (exact) mass is 277 g/mol. The molecule has 2 rings (SSSR count). The van der Waals surface area contributed by atoms with E-state index < -0.39 is 0 Å². The van der Waals surface area contributed by atoms with E-state index in [1.54, 1.807) is 10.9 Å². The lowest BCUT2D eigenvalue weighted by Crippen LogP contribution is -2.22. The van der Waals surface area contributed by atoms with Crippen LogP contribution in [0, 0.1) is 0 Å². The summed E-state index contributed by atoms with van der Waals surface area (Å²) in [7, 11) is 1.85. The Labute approximate surface area is 117 Å². The van der Waals surface area contributed by atoms with E-state index in [0.717, 1.165) is 17.5 Å². The van der Waals surface area contributed by atoms with Crippen LogP contribution in [0.1, 0.15) is 17.5 Å². The maximum atomic E-state index is 11.7. The third-order valence-electron chi connectivity index (χ3n) is 2.80. The lowest BCUT2D eigenvalue weighted by Gasteiger charge is -2.04. The zero-order chi connectivity index (χ0) is 13.7. The summed E-state index contributed by atoms with van der Waals surface area (Å²) in [5, 5.41) is 7.64. The first-order valence-electron chi connectivity index (χ1n) is 6.12. The van der Waals surface area contributed by atoms with Crippen LogP contribution in [0.15, 0.2) is 36.7 Å². The fourth-order valence-electron chi connectivity index (χ4n) is 1.76. The quantitative estimate of drug-likeness (QED) is 0.912. The third kappa shape index (κ3) is 4.41. The second kappa shape index (κ2) is 6.38. The Morgan fingerprint density at radius 1 is 1.32 bits per heavy atom. The molecule has 0 radical (unpaired) electrons. The minimum absolute atomic E-state index is 0.0406. The summed E-state index contributed by atoms with van der Waals surface area (Å²) in [5.41, 5.74) is 2.11. The van der Waals surface area contributed by atoms with Crippen LogP contribution in [0.2, 0.25) is 5.02 Å². The molecule has 0 aliphatic heterocycles. The van der Waals surface area contributed by atoms with Crippen molar-refractivity contribution in [1.29, 1.82) is 0 Å². The molecule has 1 aromatic carbocycles. The van der Waals surface area contributed by atoms with E-state index in [9.17, 15) is 4.79 Å². The van der Waals surface area contributed by atoms with Gasteiger partial charge in [-0.25, -0.2) is 0 Å². The number of carbonyl (C=O) groups is 1. The molecule has 0 saturated carbocycles. The van der Waals surface area contributed by atoms with Crippen molar-refractivity contribution in [1.82, 2.24) is 15.1 Å². The number of carbonyl (C=O) groups excluding carboxylic acids is 1. The van der Waals surface area contributed by atoms with Crippen molar-refractivity contribution >= 4 is 17.5 Å². The summed E-state index contributed by atoms with van der Waals surface area (Å²) < 4.78 is 1.72. The molecule has 0 spiro atoms. The van der Waals surface area contributed by atoms with E-state index in [0.29, 0.717) is 18.0 Å². The average molecular weight is 278 g/mol. The summed E-state index contributed by atoms with van der Waals surface area (Å²) in [6.45, 7) is 0.521. The second-order valence-electron chi connectivity index (χ2n) is 4.43. The largest absolute Gasteiger partial charge is 0.352 e. The van der Waals surface area contributed by atoms with Gasteiger partial charge in [-0.1, -0.05) is 23.7 Å². The van der Waals surface area contributed by atoms with Gasteiger partial charge in [0.1, 0.15) is 0 Å². The topological polar surface area (TPSA) is 46.9 Å². The third-order valence-corrected chi connectivity index (χ3v) is 3.05. The molecule has 0 atom stereocenters.